The van der Waals surface area contributed by atoms with Gasteiger partial charge in [0, 0.05) is 41.9 Å². The lowest BCUT2D eigenvalue weighted by atomic mass is 9.89. The molecule has 0 radical (unpaired) electrons. The van der Waals surface area contributed by atoms with Crippen molar-refractivity contribution in [2.45, 2.75) is 31.5 Å². The Morgan fingerprint density at radius 3 is 2.55 bits per heavy atom. The Hall–Kier alpha value is -3.13. The zero-order valence-corrected chi connectivity index (χ0v) is 16.7. The molecule has 1 saturated heterocycles. The molecule has 1 amide bonds. The summed E-state index contributed by atoms with van der Waals surface area (Å²) in [7, 11) is 4.29. The second-order valence-corrected chi connectivity index (χ2v) is 7.41. The van der Waals surface area contributed by atoms with E-state index in [4.69, 9.17) is 9.47 Å². The second kappa shape index (κ2) is 6.45. The van der Waals surface area contributed by atoms with Crippen LogP contribution in [-0.2, 0) is 43.1 Å². The molecule has 3 heterocycles. The van der Waals surface area contributed by atoms with Gasteiger partial charge in [-0.15, -0.1) is 0 Å². The maximum Gasteiger partial charge on any atom is 0.333 e. The third kappa shape index (κ3) is 2.45. The van der Waals surface area contributed by atoms with E-state index in [0.29, 0.717) is 5.69 Å². The molecule has 152 valence electrons. The molecular formula is C21H22N2O6. The van der Waals surface area contributed by atoms with Crippen molar-refractivity contribution in [3.8, 4) is 0 Å². The summed E-state index contributed by atoms with van der Waals surface area (Å²) in [5.74, 6) is -1.84. The first-order valence-corrected chi connectivity index (χ1v) is 9.25. The number of amides is 1. The van der Waals surface area contributed by atoms with E-state index in [2.05, 4.69) is 0 Å². The lowest BCUT2D eigenvalue weighted by molar-refractivity contribution is -0.175. The van der Waals surface area contributed by atoms with Crippen LogP contribution >= 0.6 is 0 Å². The Bertz CT molecular complexity index is 1100. The smallest absolute Gasteiger partial charge is 0.333 e. The van der Waals surface area contributed by atoms with Crippen LogP contribution in [0.15, 0.2) is 35.4 Å². The van der Waals surface area contributed by atoms with Gasteiger partial charge in [0.25, 0.3) is 5.91 Å². The molecule has 1 aromatic carbocycles. The summed E-state index contributed by atoms with van der Waals surface area (Å²) in [6.45, 7) is 1.48. The fourth-order valence-electron chi connectivity index (χ4n) is 4.69. The van der Waals surface area contributed by atoms with Gasteiger partial charge in [-0.05, 0) is 18.6 Å². The van der Waals surface area contributed by atoms with Gasteiger partial charge in [-0.25, -0.2) is 9.59 Å². The van der Waals surface area contributed by atoms with E-state index in [0.717, 1.165) is 21.4 Å². The fourth-order valence-corrected chi connectivity index (χ4v) is 4.69. The second-order valence-electron chi connectivity index (χ2n) is 7.41. The molecule has 4 rings (SSSR count). The quantitative estimate of drug-likeness (QED) is 0.602. The maximum absolute atomic E-state index is 13.3. The molecule has 2 unspecified atom stereocenters. The minimum atomic E-state index is -1.78. The van der Waals surface area contributed by atoms with Gasteiger partial charge in [-0.2, -0.15) is 0 Å². The van der Waals surface area contributed by atoms with Crippen molar-refractivity contribution in [3.05, 3.63) is 46.7 Å². The molecule has 8 nitrogen and oxygen atoms in total. The van der Waals surface area contributed by atoms with Crippen molar-refractivity contribution in [2.24, 2.45) is 7.05 Å². The minimum Gasteiger partial charge on any atom is -0.467 e. The zero-order valence-electron chi connectivity index (χ0n) is 16.7. The summed E-state index contributed by atoms with van der Waals surface area (Å²) in [4.78, 5) is 39.0. The number of ether oxygens (including phenoxy) is 2. The van der Waals surface area contributed by atoms with Gasteiger partial charge in [0.2, 0.25) is 0 Å². The number of nitrogens with zero attached hydrogens (tertiary/aromatic N) is 2. The molecule has 1 fully saturated rings. The largest absolute Gasteiger partial charge is 0.467 e. The first-order chi connectivity index (χ1) is 13.8. The van der Waals surface area contributed by atoms with E-state index in [-0.39, 0.29) is 24.0 Å². The number of aromatic nitrogens is 1. The SMILES string of the molecule is COC(=O)/C(C)=C1\CC2(O)c3c(c4ccccc4n3C)CC(C(=O)OC)N2C1=O. The van der Waals surface area contributed by atoms with Crippen LogP contribution in [0, 0.1) is 0 Å². The first-order valence-electron chi connectivity index (χ1n) is 9.25. The topological polar surface area (TPSA) is 98.1 Å². The van der Waals surface area contributed by atoms with Crippen molar-refractivity contribution in [1.29, 1.82) is 0 Å². The molecule has 1 aromatic heterocycles. The number of carbonyl (C=O) groups excluding carboxylic acids is 3. The third-order valence-electron chi connectivity index (χ3n) is 6.02. The summed E-state index contributed by atoms with van der Waals surface area (Å²) < 4.78 is 11.5. The summed E-state index contributed by atoms with van der Waals surface area (Å²) >= 11 is 0. The Kier molecular flexibility index (Phi) is 4.27. The molecule has 2 aliphatic heterocycles. The number of aryl methyl sites for hydroxylation is 1. The minimum absolute atomic E-state index is 0.115. The molecule has 29 heavy (non-hydrogen) atoms. The molecule has 0 aliphatic carbocycles. The number of esters is 2. The molecule has 2 aromatic rings. The highest BCUT2D eigenvalue weighted by atomic mass is 16.5. The van der Waals surface area contributed by atoms with Crippen LogP contribution in [0.25, 0.3) is 10.9 Å². The fraction of sp³-hybridized carbons (Fsp3) is 0.381. The van der Waals surface area contributed by atoms with Gasteiger partial charge in [-0.1, -0.05) is 18.2 Å². The van der Waals surface area contributed by atoms with Crippen LogP contribution in [0.5, 0.6) is 0 Å². The normalized spacial score (nSPS) is 24.9. The predicted octanol–water partition coefficient (Wildman–Crippen LogP) is 1.14. The molecule has 0 bridgehead atoms. The van der Waals surface area contributed by atoms with Crippen LogP contribution in [0.2, 0.25) is 0 Å². The highest BCUT2D eigenvalue weighted by molar-refractivity contribution is 6.06. The lowest BCUT2D eigenvalue weighted by Crippen LogP contribution is -2.57. The molecular weight excluding hydrogens is 376 g/mol. The van der Waals surface area contributed by atoms with Crippen LogP contribution in [0.3, 0.4) is 0 Å². The van der Waals surface area contributed by atoms with Crippen molar-refractivity contribution in [3.63, 3.8) is 0 Å². The van der Waals surface area contributed by atoms with Crippen molar-refractivity contribution >= 4 is 28.7 Å². The number of carbonyl (C=O) groups is 3. The Morgan fingerprint density at radius 2 is 1.90 bits per heavy atom. The molecule has 0 saturated carbocycles. The average molecular weight is 398 g/mol. The van der Waals surface area contributed by atoms with Crippen LogP contribution in [0.1, 0.15) is 24.6 Å². The van der Waals surface area contributed by atoms with Gasteiger partial charge in [0.15, 0.2) is 5.72 Å². The predicted molar refractivity (Wildman–Crippen MR) is 103 cm³/mol. The number of methoxy groups -OCH3 is 2. The van der Waals surface area contributed by atoms with Crippen LogP contribution in [0.4, 0.5) is 0 Å². The number of para-hydroxylation sites is 1. The molecule has 8 heteroatoms. The Balaban J connectivity index is 2.01. The number of aliphatic hydroxyl groups is 1. The van der Waals surface area contributed by atoms with Gasteiger partial charge in [0.1, 0.15) is 6.04 Å². The average Bonchev–Trinajstić information content (AvgIpc) is 3.17. The van der Waals surface area contributed by atoms with Crippen molar-refractivity contribution < 1.29 is 29.0 Å². The van der Waals surface area contributed by atoms with E-state index in [9.17, 15) is 19.5 Å². The summed E-state index contributed by atoms with van der Waals surface area (Å²) in [5, 5.41) is 12.7. The van der Waals surface area contributed by atoms with Crippen molar-refractivity contribution in [1.82, 2.24) is 9.47 Å². The zero-order chi connectivity index (χ0) is 21.1. The van der Waals surface area contributed by atoms with Crippen molar-refractivity contribution in [2.75, 3.05) is 14.2 Å². The van der Waals surface area contributed by atoms with Gasteiger partial charge < -0.3 is 19.1 Å². The Morgan fingerprint density at radius 1 is 1.21 bits per heavy atom. The summed E-state index contributed by atoms with van der Waals surface area (Å²) in [6, 6.07) is 6.62. The molecule has 1 N–H and O–H groups in total. The van der Waals surface area contributed by atoms with E-state index in [1.807, 2.05) is 35.9 Å². The monoisotopic (exact) mass is 398 g/mol. The number of hydrogen-bond donors (Lipinski definition) is 1. The highest BCUT2D eigenvalue weighted by Crippen LogP contribution is 2.49. The van der Waals surface area contributed by atoms with Gasteiger partial charge >= 0.3 is 11.9 Å². The van der Waals surface area contributed by atoms with E-state index < -0.39 is 29.6 Å². The molecule has 0 spiro atoms. The molecule has 2 aliphatic rings. The van der Waals surface area contributed by atoms with Gasteiger partial charge in [0.05, 0.1) is 19.9 Å². The van der Waals surface area contributed by atoms with E-state index >= 15 is 0 Å². The van der Waals surface area contributed by atoms with Crippen LogP contribution in [-0.4, -0.2) is 52.7 Å². The number of fused-ring (bicyclic) bond motifs is 5. The summed E-state index contributed by atoms with van der Waals surface area (Å²) in [5.41, 5.74) is 0.686. The standard InChI is InChI=1S/C21H22N2O6/c1-11(19(25)28-3)14-10-21(27)17-13(12-7-5-6-8-15(12)22(17)2)9-16(20(26)29-4)23(21)18(14)24/h5-8,16,27H,9-10H2,1-4H3/b14-11+. The summed E-state index contributed by atoms with van der Waals surface area (Å²) in [6.07, 6.45) is 0.0827. The van der Waals surface area contributed by atoms with Crippen LogP contribution < -0.4 is 0 Å². The number of hydrogen-bond acceptors (Lipinski definition) is 6. The van der Waals surface area contributed by atoms with E-state index in [1.165, 1.54) is 21.1 Å². The number of rotatable bonds is 2. The Labute approximate surface area is 167 Å². The maximum atomic E-state index is 13.3. The van der Waals surface area contributed by atoms with E-state index in [1.54, 1.807) is 0 Å². The van der Waals surface area contributed by atoms with Gasteiger partial charge in [-0.3, -0.25) is 9.69 Å². The third-order valence-corrected chi connectivity index (χ3v) is 6.02. The first kappa shape index (κ1) is 19.2. The number of benzene rings is 1. The highest BCUT2D eigenvalue weighted by Gasteiger charge is 2.59. The lowest BCUT2D eigenvalue weighted by Gasteiger charge is -2.42. The molecule has 2 atom stereocenters.